The number of nitrogens with zero attached hydrogens (tertiary/aromatic N) is 3. The Morgan fingerprint density at radius 1 is 1.16 bits per heavy atom. The molecule has 0 aliphatic heterocycles. The zero-order valence-corrected chi connectivity index (χ0v) is 25.7. The molecule has 1 amide bonds. The summed E-state index contributed by atoms with van der Waals surface area (Å²) in [5.74, 6) is -0.424. The molecule has 0 fully saturated rings. The molecule has 4 aromatic rings. The fourth-order valence-corrected chi connectivity index (χ4v) is 4.95. The Morgan fingerprint density at radius 3 is 2.57 bits per heavy atom. The van der Waals surface area contributed by atoms with Crippen LogP contribution in [0.4, 0.5) is 4.39 Å². The van der Waals surface area contributed by atoms with Crippen molar-refractivity contribution in [2.24, 2.45) is 22.2 Å². The predicted octanol–water partition coefficient (Wildman–Crippen LogP) is 4.36. The molecule has 12 heteroatoms. The van der Waals surface area contributed by atoms with Gasteiger partial charge < -0.3 is 27.5 Å². The van der Waals surface area contributed by atoms with E-state index in [1.165, 1.54) is 4.57 Å². The molecular formula is C32H40ClFN8O2. The molecular weight excluding hydrogens is 583 g/mol. The SMILES string of the molecule is C=C.CC(N)=NCCCNCc1ccc(-n2cc3cc(-c4cc(CCCC(N)CC(N)=O)cc(Cl)c4F)[nH]c3nc2=O)cc1. The van der Waals surface area contributed by atoms with Crippen molar-refractivity contribution in [3.8, 4) is 16.9 Å². The van der Waals surface area contributed by atoms with Gasteiger partial charge in [-0.15, -0.1) is 13.2 Å². The molecule has 2 heterocycles. The minimum Gasteiger partial charge on any atom is -0.388 e. The Morgan fingerprint density at radius 2 is 1.89 bits per heavy atom. The fourth-order valence-electron chi connectivity index (χ4n) is 4.71. The van der Waals surface area contributed by atoms with E-state index in [-0.39, 0.29) is 23.0 Å². The number of halogens is 2. The van der Waals surface area contributed by atoms with Gasteiger partial charge in [0.15, 0.2) is 5.82 Å². The van der Waals surface area contributed by atoms with Crippen LogP contribution < -0.4 is 28.2 Å². The number of rotatable bonds is 14. The van der Waals surface area contributed by atoms with Gasteiger partial charge in [0.05, 0.1) is 22.2 Å². The smallest absolute Gasteiger partial charge is 0.354 e. The quantitative estimate of drug-likeness (QED) is 0.0605. The van der Waals surface area contributed by atoms with Crippen molar-refractivity contribution in [1.29, 1.82) is 0 Å². The second-order valence-electron chi connectivity index (χ2n) is 10.4. The summed E-state index contributed by atoms with van der Waals surface area (Å²) in [7, 11) is 0. The average molecular weight is 623 g/mol. The molecule has 0 aliphatic rings. The first-order valence-corrected chi connectivity index (χ1v) is 14.7. The number of nitrogens with two attached hydrogens (primary N) is 3. The van der Waals surface area contributed by atoms with Gasteiger partial charge in [0.1, 0.15) is 5.65 Å². The number of carbonyl (C=O) groups is 1. The van der Waals surface area contributed by atoms with Gasteiger partial charge in [0.25, 0.3) is 0 Å². The summed E-state index contributed by atoms with van der Waals surface area (Å²) in [6.45, 7) is 9.96. The normalized spacial score (nSPS) is 12.1. The van der Waals surface area contributed by atoms with Gasteiger partial charge in [-0.2, -0.15) is 4.98 Å². The molecule has 0 radical (unpaired) electrons. The number of aromatic amines is 1. The third-order valence-electron chi connectivity index (χ3n) is 6.81. The Labute approximate surface area is 261 Å². The number of fused-ring (bicyclic) bond motifs is 1. The van der Waals surface area contributed by atoms with E-state index in [1.807, 2.05) is 24.3 Å². The van der Waals surface area contributed by atoms with Gasteiger partial charge in [0, 0.05) is 42.7 Å². The number of nitrogens with one attached hydrogen (secondary N) is 2. The van der Waals surface area contributed by atoms with Gasteiger partial charge in [-0.25, -0.2) is 9.18 Å². The van der Waals surface area contributed by atoms with Crippen LogP contribution in [0.15, 0.2) is 71.6 Å². The van der Waals surface area contributed by atoms with Gasteiger partial charge >= 0.3 is 5.69 Å². The van der Waals surface area contributed by atoms with Crippen LogP contribution in [-0.4, -0.2) is 45.4 Å². The second-order valence-corrected chi connectivity index (χ2v) is 10.8. The standard InChI is InChI=1S/C30H36ClFN8O2.C2H4/c1-18(33)37-11-3-10-36-16-19-6-8-23(9-7-19)40-17-21-14-26(38-29(21)39-30(40)42)24-12-20(13-25(31)28(24)32)4-2-5-22(34)15-27(35)41;1-2/h6-9,12-14,17,22,36H,2-5,10-11,15-16,34H2,1H3,(H2,33,37)(H2,35,41)(H,38,39,42);1-2H2. The van der Waals surface area contributed by atoms with Crippen molar-refractivity contribution in [2.75, 3.05) is 13.1 Å². The Hall–Kier alpha value is -4.32. The lowest BCUT2D eigenvalue weighted by molar-refractivity contribution is -0.118. The van der Waals surface area contributed by atoms with Crippen LogP contribution in [0.2, 0.25) is 5.02 Å². The molecule has 1 atom stereocenters. The topological polar surface area (TPSA) is 170 Å². The summed E-state index contributed by atoms with van der Waals surface area (Å²) < 4.78 is 16.6. The molecule has 0 aliphatic carbocycles. The highest BCUT2D eigenvalue weighted by Gasteiger charge is 2.16. The summed E-state index contributed by atoms with van der Waals surface area (Å²) in [6, 6.07) is 12.3. The van der Waals surface area contributed by atoms with Crippen molar-refractivity contribution in [3.05, 3.63) is 94.3 Å². The van der Waals surface area contributed by atoms with Crippen molar-refractivity contribution in [2.45, 2.75) is 51.6 Å². The Bertz CT molecular complexity index is 1640. The number of aliphatic imine (C=N–C) groups is 1. The van der Waals surface area contributed by atoms with Gasteiger partial charge in [-0.3, -0.25) is 14.4 Å². The van der Waals surface area contributed by atoms with E-state index >= 15 is 4.39 Å². The average Bonchev–Trinajstić information content (AvgIpc) is 3.39. The first kappa shape index (κ1) is 34.2. The van der Waals surface area contributed by atoms with Crippen molar-refractivity contribution >= 4 is 34.4 Å². The number of carbonyl (C=O) groups excluding carboxylic acids is 1. The Kier molecular flexibility index (Phi) is 12.8. The lowest BCUT2D eigenvalue weighted by atomic mass is 10.0. The number of primary amides is 1. The maximum atomic E-state index is 15.1. The summed E-state index contributed by atoms with van der Waals surface area (Å²) in [6.07, 6.45) is 4.56. The maximum Gasteiger partial charge on any atom is 0.354 e. The third-order valence-corrected chi connectivity index (χ3v) is 7.08. The largest absolute Gasteiger partial charge is 0.388 e. The molecule has 0 bridgehead atoms. The summed E-state index contributed by atoms with van der Waals surface area (Å²) in [5, 5.41) is 4.00. The van der Waals surface area contributed by atoms with Gasteiger partial charge in [-0.05, 0) is 80.6 Å². The van der Waals surface area contributed by atoms with Crippen LogP contribution in [0.5, 0.6) is 0 Å². The minimum absolute atomic E-state index is 0.0103. The van der Waals surface area contributed by atoms with Crippen molar-refractivity contribution in [3.63, 3.8) is 0 Å². The molecule has 8 N–H and O–H groups in total. The molecule has 0 saturated heterocycles. The number of benzene rings is 2. The second kappa shape index (κ2) is 16.5. The van der Waals surface area contributed by atoms with Crippen LogP contribution in [0.3, 0.4) is 0 Å². The molecule has 234 valence electrons. The third kappa shape index (κ3) is 9.60. The molecule has 0 saturated carbocycles. The van der Waals surface area contributed by atoms with E-state index in [9.17, 15) is 9.59 Å². The number of aromatic nitrogens is 3. The number of hydrogen-bond donors (Lipinski definition) is 5. The van der Waals surface area contributed by atoms with Gasteiger partial charge in [-0.1, -0.05) is 23.7 Å². The first-order valence-electron chi connectivity index (χ1n) is 14.3. The minimum atomic E-state index is -0.570. The summed E-state index contributed by atoms with van der Waals surface area (Å²) in [4.78, 5) is 35.3. The summed E-state index contributed by atoms with van der Waals surface area (Å²) in [5.41, 5.74) is 19.9. The molecule has 44 heavy (non-hydrogen) atoms. The van der Waals surface area contributed by atoms with E-state index in [0.717, 1.165) is 24.1 Å². The van der Waals surface area contributed by atoms with Crippen LogP contribution in [-0.2, 0) is 17.8 Å². The highest BCUT2D eigenvalue weighted by molar-refractivity contribution is 6.31. The number of hydrogen-bond acceptors (Lipinski definition) is 6. The molecule has 2 aromatic carbocycles. The highest BCUT2D eigenvalue weighted by Crippen LogP contribution is 2.31. The zero-order chi connectivity index (χ0) is 32.2. The van der Waals surface area contributed by atoms with Crippen molar-refractivity contribution in [1.82, 2.24) is 19.9 Å². The molecule has 1 unspecified atom stereocenters. The lowest BCUT2D eigenvalue weighted by Gasteiger charge is -2.11. The molecule has 4 rings (SSSR count). The lowest BCUT2D eigenvalue weighted by Crippen LogP contribution is -2.27. The van der Waals surface area contributed by atoms with Crippen LogP contribution in [0.25, 0.3) is 28.0 Å². The monoisotopic (exact) mass is 622 g/mol. The van der Waals surface area contributed by atoms with E-state index in [0.29, 0.717) is 60.6 Å². The van der Waals surface area contributed by atoms with E-state index in [2.05, 4.69) is 33.4 Å². The number of amides is 1. The van der Waals surface area contributed by atoms with E-state index in [4.69, 9.17) is 28.8 Å². The number of aryl methyl sites for hydroxylation is 1. The van der Waals surface area contributed by atoms with Crippen molar-refractivity contribution < 1.29 is 9.18 Å². The predicted molar refractivity (Wildman–Crippen MR) is 177 cm³/mol. The number of amidine groups is 1. The fraction of sp³-hybridized carbons (Fsp3) is 0.312. The van der Waals surface area contributed by atoms with E-state index in [1.54, 1.807) is 31.3 Å². The van der Waals surface area contributed by atoms with Crippen LogP contribution in [0, 0.1) is 5.82 Å². The maximum absolute atomic E-state index is 15.1. The first-order chi connectivity index (χ1) is 21.1. The zero-order valence-electron chi connectivity index (χ0n) is 24.9. The number of H-pyrrole nitrogens is 1. The van der Waals surface area contributed by atoms with Crippen LogP contribution >= 0.6 is 11.6 Å². The highest BCUT2D eigenvalue weighted by atomic mass is 35.5. The summed E-state index contributed by atoms with van der Waals surface area (Å²) >= 11 is 6.23. The van der Waals surface area contributed by atoms with Gasteiger partial charge in [0.2, 0.25) is 5.91 Å². The van der Waals surface area contributed by atoms with Crippen LogP contribution in [0.1, 0.15) is 43.7 Å². The molecule has 2 aromatic heterocycles. The molecule has 0 spiro atoms. The Balaban J connectivity index is 0.00000259. The molecule has 10 nitrogen and oxygen atoms in total. The van der Waals surface area contributed by atoms with E-state index < -0.39 is 17.4 Å².